The maximum atomic E-state index is 12.0. The number of halogens is 1. The van der Waals surface area contributed by atoms with E-state index in [-0.39, 0.29) is 10.6 Å². The predicted molar refractivity (Wildman–Crippen MR) is 63.1 cm³/mol. The van der Waals surface area contributed by atoms with E-state index in [1.165, 1.54) is 0 Å². The summed E-state index contributed by atoms with van der Waals surface area (Å²) in [7, 11) is 1.65. The molecule has 80 valence electrons. The third-order valence-corrected chi connectivity index (χ3v) is 3.75. The zero-order valence-electron chi connectivity index (χ0n) is 8.84. The van der Waals surface area contributed by atoms with Gasteiger partial charge in [0, 0.05) is 11.1 Å². The van der Waals surface area contributed by atoms with Crippen LogP contribution >= 0.6 is 15.9 Å². The first-order valence-electron chi connectivity index (χ1n) is 5.00. The molecule has 0 saturated carbocycles. The van der Waals surface area contributed by atoms with Gasteiger partial charge in [0.25, 0.3) is 0 Å². The quantitative estimate of drug-likeness (QED) is 0.733. The van der Waals surface area contributed by atoms with Crippen molar-refractivity contribution in [1.29, 1.82) is 0 Å². The van der Waals surface area contributed by atoms with Gasteiger partial charge in [-0.3, -0.25) is 4.79 Å². The van der Waals surface area contributed by atoms with Crippen LogP contribution in [0.1, 0.15) is 27.9 Å². The Hall–Kier alpha value is -0.830. The summed E-state index contributed by atoms with van der Waals surface area (Å²) in [4.78, 5) is 12.0. The number of carbonyl (C=O) groups is 1. The highest BCUT2D eigenvalue weighted by molar-refractivity contribution is 9.10. The summed E-state index contributed by atoms with van der Waals surface area (Å²) >= 11 is 3.41. The van der Waals surface area contributed by atoms with Gasteiger partial charge in [0.2, 0.25) is 0 Å². The molecule has 0 saturated heterocycles. The fraction of sp³-hybridized carbons (Fsp3) is 0.417. The van der Waals surface area contributed by atoms with E-state index in [0.717, 1.165) is 35.3 Å². The Morgan fingerprint density at radius 1 is 1.47 bits per heavy atom. The number of aryl methyl sites for hydroxylation is 1. The Morgan fingerprint density at radius 2 is 2.20 bits per heavy atom. The monoisotopic (exact) mass is 268 g/mol. The van der Waals surface area contributed by atoms with Crippen LogP contribution in [-0.4, -0.2) is 17.7 Å². The lowest BCUT2D eigenvalue weighted by Gasteiger charge is -2.22. The summed E-state index contributed by atoms with van der Waals surface area (Å²) in [6.07, 6.45) is 1.76. The summed E-state index contributed by atoms with van der Waals surface area (Å²) in [6, 6.07) is 3.89. The molecule has 0 N–H and O–H groups in total. The highest BCUT2D eigenvalue weighted by Gasteiger charge is 2.28. The molecule has 15 heavy (non-hydrogen) atoms. The van der Waals surface area contributed by atoms with Gasteiger partial charge in [-0.05, 0) is 31.4 Å². The second-order valence-corrected chi connectivity index (χ2v) is 4.91. The second-order valence-electron chi connectivity index (χ2n) is 3.81. The van der Waals surface area contributed by atoms with Crippen molar-refractivity contribution in [2.45, 2.75) is 24.6 Å². The van der Waals surface area contributed by atoms with E-state index in [2.05, 4.69) is 15.9 Å². The van der Waals surface area contributed by atoms with Gasteiger partial charge in [-0.2, -0.15) is 0 Å². The van der Waals surface area contributed by atoms with Gasteiger partial charge in [0.15, 0.2) is 5.78 Å². The SMILES string of the molecule is COc1ccc(C)c2c1CCC(Br)C2=O. The molecule has 1 aromatic carbocycles. The van der Waals surface area contributed by atoms with Gasteiger partial charge in [-0.1, -0.05) is 22.0 Å². The molecule has 0 bridgehead atoms. The smallest absolute Gasteiger partial charge is 0.177 e. The van der Waals surface area contributed by atoms with E-state index < -0.39 is 0 Å². The number of fused-ring (bicyclic) bond motifs is 1. The maximum absolute atomic E-state index is 12.0. The number of carbonyl (C=O) groups excluding carboxylic acids is 1. The highest BCUT2D eigenvalue weighted by Crippen LogP contribution is 2.33. The summed E-state index contributed by atoms with van der Waals surface area (Å²) in [5, 5.41) is 0. The summed E-state index contributed by atoms with van der Waals surface area (Å²) in [5.41, 5.74) is 2.96. The van der Waals surface area contributed by atoms with Crippen LogP contribution in [0.4, 0.5) is 0 Å². The minimum Gasteiger partial charge on any atom is -0.496 e. The molecular formula is C12H13BrO2. The number of rotatable bonds is 1. The number of hydrogen-bond donors (Lipinski definition) is 0. The lowest BCUT2D eigenvalue weighted by Crippen LogP contribution is -2.24. The lowest BCUT2D eigenvalue weighted by atomic mass is 9.87. The van der Waals surface area contributed by atoms with Crippen LogP contribution in [0, 0.1) is 6.92 Å². The molecule has 0 aliphatic heterocycles. The highest BCUT2D eigenvalue weighted by atomic mass is 79.9. The molecule has 1 atom stereocenters. The first kappa shape index (κ1) is 10.7. The fourth-order valence-electron chi connectivity index (χ4n) is 2.09. The summed E-state index contributed by atoms with van der Waals surface area (Å²) in [6.45, 7) is 1.97. The minimum absolute atomic E-state index is 0.0317. The molecule has 0 spiro atoms. The van der Waals surface area contributed by atoms with Crippen molar-refractivity contribution in [2.75, 3.05) is 7.11 Å². The van der Waals surface area contributed by atoms with E-state index in [0.29, 0.717) is 0 Å². The second kappa shape index (κ2) is 3.97. The molecule has 1 unspecified atom stereocenters. The van der Waals surface area contributed by atoms with Crippen molar-refractivity contribution in [3.05, 3.63) is 28.8 Å². The van der Waals surface area contributed by atoms with Crippen molar-refractivity contribution < 1.29 is 9.53 Å². The molecule has 0 radical (unpaired) electrons. The van der Waals surface area contributed by atoms with Crippen LogP contribution in [0.15, 0.2) is 12.1 Å². The normalized spacial score (nSPS) is 19.9. The number of Topliss-reactive ketones (excluding diaryl/α,β-unsaturated/α-hetero) is 1. The van der Waals surface area contributed by atoms with Gasteiger partial charge in [-0.25, -0.2) is 0 Å². The average molecular weight is 269 g/mol. The molecule has 1 aromatic rings. The third-order valence-electron chi connectivity index (χ3n) is 2.88. The van der Waals surface area contributed by atoms with Gasteiger partial charge in [0.05, 0.1) is 11.9 Å². The first-order valence-corrected chi connectivity index (χ1v) is 5.91. The van der Waals surface area contributed by atoms with Crippen LogP contribution < -0.4 is 4.74 Å². The fourth-order valence-corrected chi connectivity index (χ4v) is 2.54. The summed E-state index contributed by atoms with van der Waals surface area (Å²) in [5.74, 6) is 1.02. The average Bonchev–Trinajstić information content (AvgIpc) is 2.24. The Balaban J connectivity index is 2.61. The molecule has 0 heterocycles. The number of alkyl halides is 1. The van der Waals surface area contributed by atoms with Crippen LogP contribution in [0.5, 0.6) is 5.75 Å². The van der Waals surface area contributed by atoms with E-state index in [1.54, 1.807) is 7.11 Å². The van der Waals surface area contributed by atoms with E-state index in [1.807, 2.05) is 19.1 Å². The summed E-state index contributed by atoms with van der Waals surface area (Å²) < 4.78 is 5.28. The molecule has 2 rings (SSSR count). The van der Waals surface area contributed by atoms with Crippen LogP contribution in [0.2, 0.25) is 0 Å². The van der Waals surface area contributed by atoms with Crippen molar-refractivity contribution in [1.82, 2.24) is 0 Å². The Morgan fingerprint density at radius 3 is 2.87 bits per heavy atom. The van der Waals surface area contributed by atoms with Crippen molar-refractivity contribution in [3.8, 4) is 5.75 Å². The van der Waals surface area contributed by atoms with Crippen molar-refractivity contribution >= 4 is 21.7 Å². The van der Waals surface area contributed by atoms with Crippen LogP contribution in [0.25, 0.3) is 0 Å². The zero-order chi connectivity index (χ0) is 11.0. The standard InChI is InChI=1S/C12H13BrO2/c1-7-3-6-10(15-2)8-4-5-9(13)12(14)11(7)8/h3,6,9H,4-5H2,1-2H3. The Bertz CT molecular complexity index is 412. The largest absolute Gasteiger partial charge is 0.496 e. The maximum Gasteiger partial charge on any atom is 0.177 e. The van der Waals surface area contributed by atoms with E-state index in [9.17, 15) is 4.79 Å². The molecule has 1 aliphatic rings. The zero-order valence-corrected chi connectivity index (χ0v) is 10.4. The van der Waals surface area contributed by atoms with E-state index >= 15 is 0 Å². The van der Waals surface area contributed by atoms with E-state index in [4.69, 9.17) is 4.74 Å². The first-order chi connectivity index (χ1) is 7.15. The third kappa shape index (κ3) is 1.69. The van der Waals surface area contributed by atoms with Gasteiger partial charge in [-0.15, -0.1) is 0 Å². The topological polar surface area (TPSA) is 26.3 Å². The molecule has 3 heteroatoms. The molecule has 2 nitrogen and oxygen atoms in total. The number of ketones is 1. The molecule has 0 fully saturated rings. The van der Waals surface area contributed by atoms with Gasteiger partial charge in [0.1, 0.15) is 5.75 Å². The van der Waals surface area contributed by atoms with Crippen LogP contribution in [-0.2, 0) is 6.42 Å². The van der Waals surface area contributed by atoms with Crippen molar-refractivity contribution in [2.24, 2.45) is 0 Å². The molecular weight excluding hydrogens is 256 g/mol. The van der Waals surface area contributed by atoms with Gasteiger partial charge >= 0.3 is 0 Å². The van der Waals surface area contributed by atoms with Gasteiger partial charge < -0.3 is 4.74 Å². The number of hydrogen-bond acceptors (Lipinski definition) is 2. The predicted octanol–water partition coefficient (Wildman–Crippen LogP) is 2.90. The Kier molecular flexibility index (Phi) is 2.83. The molecule has 0 aromatic heterocycles. The molecule has 1 aliphatic carbocycles. The Labute approximate surface area is 97.8 Å². The lowest BCUT2D eigenvalue weighted by molar-refractivity contribution is 0.0980. The molecule has 0 amide bonds. The van der Waals surface area contributed by atoms with Crippen LogP contribution in [0.3, 0.4) is 0 Å². The number of ether oxygens (including phenoxy) is 1. The minimum atomic E-state index is -0.0317. The number of methoxy groups -OCH3 is 1. The number of benzene rings is 1. The van der Waals surface area contributed by atoms with Crippen molar-refractivity contribution in [3.63, 3.8) is 0 Å².